The molecule has 36 heavy (non-hydrogen) atoms. The van der Waals surface area contributed by atoms with Gasteiger partial charge in [-0.25, -0.2) is 0 Å². The third-order valence-electron chi connectivity index (χ3n) is 5.16. The van der Waals surface area contributed by atoms with Gasteiger partial charge in [0.05, 0.1) is 28.1 Å². The first-order valence-corrected chi connectivity index (χ1v) is 13.1. The van der Waals surface area contributed by atoms with Crippen LogP contribution in [0.1, 0.15) is 23.6 Å². The lowest BCUT2D eigenvalue weighted by Crippen LogP contribution is -2.27. The van der Waals surface area contributed by atoms with E-state index in [2.05, 4.69) is 0 Å². The summed E-state index contributed by atoms with van der Waals surface area (Å²) < 4.78 is 11.7. The van der Waals surface area contributed by atoms with Crippen molar-refractivity contribution in [3.05, 3.63) is 96.3 Å². The Morgan fingerprint density at radius 3 is 2.39 bits per heavy atom. The lowest BCUT2D eigenvalue weighted by Gasteiger charge is -2.14. The molecule has 1 heterocycles. The van der Waals surface area contributed by atoms with E-state index in [9.17, 15) is 9.59 Å². The third kappa shape index (κ3) is 6.31. The first-order chi connectivity index (χ1) is 17.2. The van der Waals surface area contributed by atoms with Crippen molar-refractivity contribution in [2.24, 2.45) is 0 Å². The normalized spacial score (nSPS) is 14.6. The van der Waals surface area contributed by atoms with Gasteiger partial charge >= 0.3 is 0 Å². The van der Waals surface area contributed by atoms with Crippen LogP contribution in [0.3, 0.4) is 0 Å². The van der Waals surface area contributed by atoms with Crippen molar-refractivity contribution in [2.45, 2.75) is 20.1 Å². The minimum atomic E-state index is -0.395. The van der Waals surface area contributed by atoms with E-state index in [4.69, 9.17) is 55.9 Å². The highest BCUT2D eigenvalue weighted by Gasteiger charge is 2.35. The van der Waals surface area contributed by atoms with Crippen molar-refractivity contribution in [3.8, 4) is 11.5 Å². The fourth-order valence-electron chi connectivity index (χ4n) is 3.40. The molecule has 0 radical (unpaired) electrons. The number of nitrogens with zero attached hydrogens (tertiary/aromatic N) is 1. The molecule has 4 rings (SSSR count). The number of benzene rings is 3. The minimum absolute atomic E-state index is 0.0592. The molecule has 2 amide bonds. The maximum atomic E-state index is 13.0. The van der Waals surface area contributed by atoms with E-state index in [0.29, 0.717) is 54.2 Å². The van der Waals surface area contributed by atoms with Gasteiger partial charge < -0.3 is 9.47 Å². The summed E-state index contributed by atoms with van der Waals surface area (Å²) in [4.78, 5) is 27.0. The molecular weight excluding hydrogens is 564 g/mol. The highest BCUT2D eigenvalue weighted by Crippen LogP contribution is 2.36. The Kier molecular flexibility index (Phi) is 8.75. The molecule has 10 heteroatoms. The van der Waals surface area contributed by atoms with E-state index in [1.807, 2.05) is 13.0 Å². The molecule has 3 aromatic carbocycles. The summed E-state index contributed by atoms with van der Waals surface area (Å²) in [5.74, 6) is 0.651. The molecule has 186 valence electrons. The van der Waals surface area contributed by atoms with Crippen LogP contribution in [0, 0.1) is 0 Å². The smallest absolute Gasteiger partial charge is 0.293 e. The van der Waals surface area contributed by atoms with Crippen LogP contribution in [0.25, 0.3) is 6.08 Å². The van der Waals surface area contributed by atoms with Gasteiger partial charge in [0.2, 0.25) is 0 Å². The van der Waals surface area contributed by atoms with Gasteiger partial charge in [0.15, 0.2) is 11.5 Å². The van der Waals surface area contributed by atoms with Crippen molar-refractivity contribution in [2.75, 3.05) is 6.61 Å². The fraction of sp³-hybridized carbons (Fsp3) is 0.154. The predicted molar refractivity (Wildman–Crippen MR) is 146 cm³/mol. The Hall–Kier alpha value is -2.35. The number of ether oxygens (including phenoxy) is 2. The molecule has 0 saturated carbocycles. The lowest BCUT2D eigenvalue weighted by atomic mass is 10.1. The van der Waals surface area contributed by atoms with Crippen molar-refractivity contribution >= 4 is 75.4 Å². The molecule has 1 fully saturated rings. The third-order valence-corrected chi connectivity index (χ3v) is 7.39. The van der Waals surface area contributed by atoms with Crippen LogP contribution in [0.4, 0.5) is 4.79 Å². The van der Waals surface area contributed by atoms with Crippen molar-refractivity contribution < 1.29 is 19.1 Å². The first-order valence-electron chi connectivity index (χ1n) is 10.8. The molecule has 1 aliphatic rings. The molecule has 0 N–H and O–H groups in total. The molecule has 1 aliphatic heterocycles. The van der Waals surface area contributed by atoms with Gasteiger partial charge in [-0.1, -0.05) is 64.6 Å². The highest BCUT2D eigenvalue weighted by molar-refractivity contribution is 8.18. The maximum absolute atomic E-state index is 13.0. The standard InChI is InChI=1S/C26H19Cl4NO4S/c1-2-34-23-10-15(4-8-22(23)35-14-16-3-7-19(28)21(30)9-16)11-24-25(32)31(26(33)36-24)13-17-5-6-18(27)12-20(17)29/h3-12H,2,13-14H2,1H3/b24-11-. The van der Waals surface area contributed by atoms with Gasteiger partial charge in [-0.05, 0) is 77.9 Å². The predicted octanol–water partition coefficient (Wildman–Crippen LogP) is 8.51. The van der Waals surface area contributed by atoms with E-state index in [1.165, 1.54) is 0 Å². The highest BCUT2D eigenvalue weighted by atomic mass is 35.5. The van der Waals surface area contributed by atoms with Gasteiger partial charge in [0.1, 0.15) is 6.61 Å². The molecule has 0 unspecified atom stereocenters. The molecule has 0 aromatic heterocycles. The molecule has 0 spiro atoms. The Morgan fingerprint density at radius 1 is 0.861 bits per heavy atom. The van der Waals surface area contributed by atoms with E-state index >= 15 is 0 Å². The van der Waals surface area contributed by atoms with E-state index in [0.717, 1.165) is 22.2 Å². The van der Waals surface area contributed by atoms with Gasteiger partial charge in [0, 0.05) is 10.0 Å². The number of carbonyl (C=O) groups is 2. The molecular formula is C26H19Cl4NO4S. The average Bonchev–Trinajstić information content (AvgIpc) is 3.09. The summed E-state index contributed by atoms with van der Waals surface area (Å²) in [6.45, 7) is 2.61. The second-order valence-electron chi connectivity index (χ2n) is 7.68. The molecule has 1 saturated heterocycles. The van der Waals surface area contributed by atoms with E-state index in [1.54, 1.807) is 54.6 Å². The van der Waals surface area contributed by atoms with Crippen LogP contribution in [-0.4, -0.2) is 22.7 Å². The first kappa shape index (κ1) is 26.7. The Balaban J connectivity index is 1.51. The molecule has 0 aliphatic carbocycles. The quantitative estimate of drug-likeness (QED) is 0.249. The molecule has 3 aromatic rings. The lowest BCUT2D eigenvalue weighted by molar-refractivity contribution is -0.123. The number of halogens is 4. The number of thioether (sulfide) groups is 1. The minimum Gasteiger partial charge on any atom is -0.490 e. The van der Waals surface area contributed by atoms with Crippen LogP contribution in [0.15, 0.2) is 59.5 Å². The number of rotatable bonds is 8. The summed E-state index contributed by atoms with van der Waals surface area (Å²) in [7, 11) is 0. The number of amides is 2. The number of imide groups is 1. The van der Waals surface area contributed by atoms with Crippen LogP contribution in [0.2, 0.25) is 20.1 Å². The summed E-state index contributed by atoms with van der Waals surface area (Å²) in [5, 5.41) is 1.42. The fourth-order valence-corrected chi connectivity index (χ4v) is 5.03. The van der Waals surface area contributed by atoms with Crippen LogP contribution >= 0.6 is 58.2 Å². The van der Waals surface area contributed by atoms with E-state index < -0.39 is 5.91 Å². The zero-order chi connectivity index (χ0) is 25.8. The largest absolute Gasteiger partial charge is 0.490 e. The topological polar surface area (TPSA) is 55.8 Å². The Labute approximate surface area is 232 Å². The number of carbonyl (C=O) groups excluding carboxylic acids is 2. The molecule has 5 nitrogen and oxygen atoms in total. The molecule has 0 bridgehead atoms. The van der Waals surface area contributed by atoms with Gasteiger partial charge in [-0.2, -0.15) is 0 Å². The molecule has 0 atom stereocenters. The second kappa shape index (κ2) is 11.8. The SMILES string of the molecule is CCOc1cc(/C=C2\SC(=O)N(Cc3ccc(Cl)cc3Cl)C2=O)ccc1OCc1ccc(Cl)c(Cl)c1. The van der Waals surface area contributed by atoms with Gasteiger partial charge in [-0.3, -0.25) is 14.5 Å². The van der Waals surface area contributed by atoms with Crippen LogP contribution < -0.4 is 9.47 Å². The van der Waals surface area contributed by atoms with Crippen LogP contribution in [0.5, 0.6) is 11.5 Å². The zero-order valence-corrected chi connectivity index (χ0v) is 22.7. The van der Waals surface area contributed by atoms with Crippen LogP contribution in [-0.2, 0) is 17.9 Å². The monoisotopic (exact) mass is 581 g/mol. The summed E-state index contributed by atoms with van der Waals surface area (Å²) in [5.41, 5.74) is 2.17. The van der Waals surface area contributed by atoms with Crippen molar-refractivity contribution in [1.29, 1.82) is 0 Å². The Bertz CT molecular complexity index is 1360. The summed E-state index contributed by atoms with van der Waals surface area (Å²) >= 11 is 25.1. The number of hydrogen-bond acceptors (Lipinski definition) is 5. The Morgan fingerprint density at radius 2 is 1.67 bits per heavy atom. The van der Waals surface area contributed by atoms with E-state index in [-0.39, 0.29) is 18.4 Å². The van der Waals surface area contributed by atoms with Gasteiger partial charge in [0.25, 0.3) is 11.1 Å². The summed E-state index contributed by atoms with van der Waals surface area (Å²) in [6, 6.07) is 15.5. The second-order valence-corrected chi connectivity index (χ2v) is 10.3. The number of hydrogen-bond donors (Lipinski definition) is 0. The van der Waals surface area contributed by atoms with Gasteiger partial charge in [-0.15, -0.1) is 0 Å². The van der Waals surface area contributed by atoms with Crippen molar-refractivity contribution in [3.63, 3.8) is 0 Å². The van der Waals surface area contributed by atoms with Crippen molar-refractivity contribution in [1.82, 2.24) is 4.90 Å². The summed E-state index contributed by atoms with van der Waals surface area (Å²) in [6.07, 6.45) is 1.65. The zero-order valence-electron chi connectivity index (χ0n) is 18.9. The average molecular weight is 583 g/mol. The maximum Gasteiger partial charge on any atom is 0.293 e.